The van der Waals surface area contributed by atoms with Crippen LogP contribution in [-0.2, 0) is 11.3 Å². The molecule has 0 aliphatic carbocycles. The molecule has 1 aromatic carbocycles. The minimum atomic E-state index is -0.158. The molecule has 1 aromatic rings. The lowest BCUT2D eigenvalue weighted by Crippen LogP contribution is -2.36. The normalized spacial score (nSPS) is 13.8. The Morgan fingerprint density at radius 1 is 1.25 bits per heavy atom. The van der Waals surface area contributed by atoms with Crippen LogP contribution in [0.2, 0.25) is 5.02 Å². The second kappa shape index (κ2) is 5.67. The van der Waals surface area contributed by atoms with Gasteiger partial charge >= 0.3 is 0 Å². The number of halogens is 1. The van der Waals surface area contributed by atoms with Crippen LogP contribution in [0.3, 0.4) is 0 Å². The molecule has 0 heterocycles. The van der Waals surface area contributed by atoms with E-state index < -0.39 is 0 Å². The van der Waals surface area contributed by atoms with Crippen molar-refractivity contribution in [2.24, 2.45) is 0 Å². The van der Waals surface area contributed by atoms with Crippen molar-refractivity contribution < 1.29 is 4.84 Å². The monoisotopic (exact) mass is 241 g/mol. The first kappa shape index (κ1) is 13.5. The molecule has 0 aliphatic rings. The van der Waals surface area contributed by atoms with Crippen molar-refractivity contribution in [3.63, 3.8) is 0 Å². The van der Waals surface area contributed by atoms with Gasteiger partial charge in [-0.15, -0.1) is 0 Å². The minimum Gasteiger partial charge on any atom is -0.296 e. The first-order chi connectivity index (χ1) is 7.37. The Morgan fingerprint density at radius 2 is 1.81 bits per heavy atom. The van der Waals surface area contributed by atoms with Gasteiger partial charge in [-0.05, 0) is 51.8 Å². The summed E-state index contributed by atoms with van der Waals surface area (Å²) in [6.45, 7) is 8.17. The first-order valence-corrected chi connectivity index (χ1v) is 5.92. The molecule has 16 heavy (non-hydrogen) atoms. The molecule has 1 unspecified atom stereocenters. The van der Waals surface area contributed by atoms with Gasteiger partial charge in [-0.25, -0.2) is 0 Å². The number of nitrogens with one attached hydrogen (secondary N) is 1. The summed E-state index contributed by atoms with van der Waals surface area (Å²) in [4.78, 5) is 5.51. The van der Waals surface area contributed by atoms with Crippen molar-refractivity contribution in [3.05, 3.63) is 34.9 Å². The number of rotatable bonds is 4. The molecule has 0 saturated carbocycles. The second-order valence-corrected chi connectivity index (χ2v) is 5.50. The lowest BCUT2D eigenvalue weighted by molar-refractivity contribution is -0.0857. The fraction of sp³-hybridized carbons (Fsp3) is 0.538. The van der Waals surface area contributed by atoms with Crippen LogP contribution in [0.25, 0.3) is 0 Å². The molecular weight excluding hydrogens is 222 g/mol. The van der Waals surface area contributed by atoms with Crippen molar-refractivity contribution in [2.75, 3.05) is 0 Å². The molecule has 90 valence electrons. The van der Waals surface area contributed by atoms with Crippen molar-refractivity contribution in [2.45, 2.75) is 45.8 Å². The van der Waals surface area contributed by atoms with Gasteiger partial charge in [0.25, 0.3) is 0 Å². The number of hydroxylamine groups is 1. The summed E-state index contributed by atoms with van der Waals surface area (Å²) in [6, 6.07) is 8.18. The highest BCUT2D eigenvalue weighted by Crippen LogP contribution is 2.11. The van der Waals surface area contributed by atoms with Crippen molar-refractivity contribution in [3.8, 4) is 0 Å². The van der Waals surface area contributed by atoms with Crippen molar-refractivity contribution in [1.82, 2.24) is 5.48 Å². The van der Waals surface area contributed by atoms with Gasteiger partial charge in [0, 0.05) is 11.1 Å². The summed E-state index contributed by atoms with van der Waals surface area (Å²) in [5, 5.41) is 0.773. The smallest absolute Gasteiger partial charge is 0.0813 e. The summed E-state index contributed by atoms with van der Waals surface area (Å²) >= 11 is 5.83. The lowest BCUT2D eigenvalue weighted by atomic mass is 10.1. The maximum atomic E-state index is 5.83. The molecule has 0 spiro atoms. The highest BCUT2D eigenvalue weighted by atomic mass is 35.5. The molecule has 3 heteroatoms. The molecule has 2 nitrogen and oxygen atoms in total. The Morgan fingerprint density at radius 3 is 2.31 bits per heavy atom. The molecule has 0 radical (unpaired) electrons. The van der Waals surface area contributed by atoms with Crippen LogP contribution in [-0.4, -0.2) is 11.6 Å². The Hall–Kier alpha value is -0.570. The van der Waals surface area contributed by atoms with E-state index in [0.717, 1.165) is 11.4 Å². The van der Waals surface area contributed by atoms with E-state index >= 15 is 0 Å². The molecule has 1 atom stereocenters. The third kappa shape index (κ3) is 5.50. The molecule has 0 saturated heterocycles. The Balaban J connectivity index is 2.39. The van der Waals surface area contributed by atoms with Gasteiger partial charge in [0.1, 0.15) is 0 Å². The maximum absolute atomic E-state index is 5.83. The Bertz CT molecular complexity index is 316. The number of hydrogen-bond acceptors (Lipinski definition) is 2. The van der Waals surface area contributed by atoms with E-state index in [9.17, 15) is 0 Å². The number of hydrogen-bond donors (Lipinski definition) is 1. The van der Waals surface area contributed by atoms with Gasteiger partial charge in [-0.1, -0.05) is 23.7 Å². The zero-order valence-electron chi connectivity index (χ0n) is 10.4. The average Bonchev–Trinajstić information content (AvgIpc) is 2.18. The van der Waals surface area contributed by atoms with E-state index in [0.29, 0.717) is 0 Å². The quantitative estimate of drug-likeness (QED) is 0.814. The van der Waals surface area contributed by atoms with Crippen LogP contribution < -0.4 is 5.48 Å². The van der Waals surface area contributed by atoms with Crippen LogP contribution >= 0.6 is 11.6 Å². The topological polar surface area (TPSA) is 21.3 Å². The third-order valence-electron chi connectivity index (χ3n) is 2.02. The van der Waals surface area contributed by atoms with Gasteiger partial charge in [-0.2, -0.15) is 5.48 Å². The van der Waals surface area contributed by atoms with E-state index in [2.05, 4.69) is 12.4 Å². The Kier molecular flexibility index (Phi) is 4.78. The average molecular weight is 242 g/mol. The summed E-state index contributed by atoms with van der Waals surface area (Å²) in [7, 11) is 0. The van der Waals surface area contributed by atoms with Crippen molar-refractivity contribution in [1.29, 1.82) is 0 Å². The summed E-state index contributed by atoms with van der Waals surface area (Å²) in [5.41, 5.74) is 4.15. The number of benzene rings is 1. The predicted octanol–water partition coefficient (Wildman–Crippen LogP) is 3.59. The van der Waals surface area contributed by atoms with Crippen LogP contribution in [0.1, 0.15) is 33.3 Å². The highest BCUT2D eigenvalue weighted by molar-refractivity contribution is 6.30. The minimum absolute atomic E-state index is 0.158. The molecule has 1 N–H and O–H groups in total. The first-order valence-electron chi connectivity index (χ1n) is 5.55. The third-order valence-corrected chi connectivity index (χ3v) is 2.27. The fourth-order valence-corrected chi connectivity index (χ4v) is 1.42. The van der Waals surface area contributed by atoms with E-state index in [4.69, 9.17) is 16.4 Å². The van der Waals surface area contributed by atoms with Crippen LogP contribution in [0.4, 0.5) is 0 Å². The van der Waals surface area contributed by atoms with Crippen molar-refractivity contribution >= 4 is 11.6 Å². The van der Waals surface area contributed by atoms with E-state index in [1.54, 1.807) is 0 Å². The zero-order valence-corrected chi connectivity index (χ0v) is 11.1. The van der Waals surface area contributed by atoms with Gasteiger partial charge in [0.05, 0.1) is 5.60 Å². The van der Waals surface area contributed by atoms with E-state index in [1.165, 1.54) is 5.56 Å². The van der Waals surface area contributed by atoms with Gasteiger partial charge < -0.3 is 0 Å². The molecular formula is C13H20ClNO. The van der Waals surface area contributed by atoms with Gasteiger partial charge in [-0.3, -0.25) is 4.84 Å². The molecule has 0 bridgehead atoms. The van der Waals surface area contributed by atoms with Crippen LogP contribution in [0, 0.1) is 0 Å². The lowest BCUT2D eigenvalue weighted by Gasteiger charge is -2.23. The molecule has 0 fully saturated rings. The highest BCUT2D eigenvalue weighted by Gasteiger charge is 2.12. The molecule has 0 amide bonds. The molecule has 1 rings (SSSR count). The summed E-state index contributed by atoms with van der Waals surface area (Å²) < 4.78 is 0. The summed E-state index contributed by atoms with van der Waals surface area (Å²) in [6.07, 6.45) is 0.924. The summed E-state index contributed by atoms with van der Waals surface area (Å²) in [5.74, 6) is 0. The largest absolute Gasteiger partial charge is 0.296 e. The van der Waals surface area contributed by atoms with E-state index in [-0.39, 0.29) is 11.6 Å². The fourth-order valence-electron chi connectivity index (χ4n) is 1.29. The molecule has 0 aromatic heterocycles. The van der Waals surface area contributed by atoms with E-state index in [1.807, 2.05) is 45.0 Å². The Labute approximate surface area is 103 Å². The predicted molar refractivity (Wildman–Crippen MR) is 68.6 cm³/mol. The van der Waals surface area contributed by atoms with Gasteiger partial charge in [0.2, 0.25) is 0 Å². The van der Waals surface area contributed by atoms with Gasteiger partial charge in [0.15, 0.2) is 0 Å². The SMILES string of the molecule is CC(Cc1ccc(Cl)cc1)NOC(C)(C)C. The second-order valence-electron chi connectivity index (χ2n) is 5.06. The zero-order chi connectivity index (χ0) is 12.2. The standard InChI is InChI=1S/C13H20ClNO/c1-10(15-16-13(2,3)4)9-11-5-7-12(14)8-6-11/h5-8,10,15H,9H2,1-4H3. The molecule has 0 aliphatic heterocycles. The van der Waals surface area contributed by atoms with Crippen LogP contribution in [0.15, 0.2) is 24.3 Å². The maximum Gasteiger partial charge on any atom is 0.0813 e. The van der Waals surface area contributed by atoms with Crippen LogP contribution in [0.5, 0.6) is 0 Å².